The lowest BCUT2D eigenvalue weighted by Crippen LogP contribution is -2.11. The molecule has 0 unspecified atom stereocenters. The van der Waals surface area contributed by atoms with Gasteiger partial charge in [0.1, 0.15) is 6.61 Å². The largest absolute Gasteiger partial charge is 0.483 e. The highest BCUT2D eigenvalue weighted by atomic mass is 79.9. The van der Waals surface area contributed by atoms with Crippen LogP contribution >= 0.6 is 15.9 Å². The van der Waals surface area contributed by atoms with Crippen LogP contribution in [0.2, 0.25) is 0 Å². The highest BCUT2D eigenvalue weighted by Crippen LogP contribution is 2.25. The van der Waals surface area contributed by atoms with Crippen molar-refractivity contribution in [2.24, 2.45) is 0 Å². The molecule has 88 valence electrons. The van der Waals surface area contributed by atoms with Gasteiger partial charge in [0.05, 0.1) is 0 Å². The molecule has 0 spiro atoms. The summed E-state index contributed by atoms with van der Waals surface area (Å²) in [6.07, 6.45) is 1.08. The van der Waals surface area contributed by atoms with Crippen molar-refractivity contribution in [3.05, 3.63) is 28.2 Å². The van der Waals surface area contributed by atoms with Crippen LogP contribution in [0.4, 0.5) is 8.78 Å². The molecule has 1 aromatic carbocycles. The number of ketones is 1. The van der Waals surface area contributed by atoms with Crippen LogP contribution in [0, 0.1) is 11.6 Å². The van der Waals surface area contributed by atoms with Crippen molar-refractivity contribution in [1.29, 1.82) is 0 Å². The number of benzene rings is 1. The second-order valence-electron chi connectivity index (χ2n) is 3.28. The molecule has 0 bridgehead atoms. The molecule has 0 aliphatic carbocycles. The molecular formula is C11H11BrF2O2. The topological polar surface area (TPSA) is 26.3 Å². The van der Waals surface area contributed by atoms with Gasteiger partial charge < -0.3 is 4.74 Å². The van der Waals surface area contributed by atoms with Crippen LogP contribution in [0.15, 0.2) is 16.6 Å². The van der Waals surface area contributed by atoms with Crippen LogP contribution < -0.4 is 4.74 Å². The average Bonchev–Trinajstić information content (AvgIpc) is 2.21. The van der Waals surface area contributed by atoms with Gasteiger partial charge in [-0.2, -0.15) is 4.39 Å². The monoisotopic (exact) mass is 292 g/mol. The van der Waals surface area contributed by atoms with Crippen LogP contribution in [0.25, 0.3) is 0 Å². The van der Waals surface area contributed by atoms with Gasteiger partial charge in [0.15, 0.2) is 17.3 Å². The maximum absolute atomic E-state index is 13.2. The van der Waals surface area contributed by atoms with Gasteiger partial charge in [-0.25, -0.2) is 4.39 Å². The molecule has 2 nitrogen and oxygen atoms in total. The van der Waals surface area contributed by atoms with E-state index in [0.29, 0.717) is 17.3 Å². The van der Waals surface area contributed by atoms with Crippen LogP contribution in [0.5, 0.6) is 5.75 Å². The van der Waals surface area contributed by atoms with E-state index in [4.69, 9.17) is 4.74 Å². The third-order valence-electron chi connectivity index (χ3n) is 1.88. The Morgan fingerprint density at radius 3 is 2.75 bits per heavy atom. The molecule has 1 rings (SSSR count). The average molecular weight is 293 g/mol. The van der Waals surface area contributed by atoms with Crippen LogP contribution in [-0.2, 0) is 4.79 Å². The minimum absolute atomic E-state index is 0.137. The number of Topliss-reactive ketones (excluding diaryl/α,β-unsaturated/α-hetero) is 1. The number of halogens is 3. The minimum atomic E-state index is -1.08. The van der Waals surface area contributed by atoms with Gasteiger partial charge in [0.25, 0.3) is 0 Å². The first-order valence-electron chi connectivity index (χ1n) is 4.83. The van der Waals surface area contributed by atoms with E-state index in [0.717, 1.165) is 6.07 Å². The van der Waals surface area contributed by atoms with Crippen molar-refractivity contribution in [3.8, 4) is 5.75 Å². The van der Waals surface area contributed by atoms with Gasteiger partial charge in [0.2, 0.25) is 5.82 Å². The zero-order valence-electron chi connectivity index (χ0n) is 8.73. The normalized spacial score (nSPS) is 10.2. The molecule has 0 saturated heterocycles. The third-order valence-corrected chi connectivity index (χ3v) is 2.33. The van der Waals surface area contributed by atoms with E-state index in [-0.39, 0.29) is 18.1 Å². The molecule has 0 heterocycles. The van der Waals surface area contributed by atoms with Crippen LogP contribution in [-0.4, -0.2) is 12.4 Å². The molecule has 0 radical (unpaired) electrons. The predicted molar refractivity (Wildman–Crippen MR) is 59.5 cm³/mol. The molecule has 0 saturated carbocycles. The maximum atomic E-state index is 13.2. The van der Waals surface area contributed by atoms with E-state index in [1.807, 2.05) is 6.92 Å². The Hall–Kier alpha value is -0.970. The summed E-state index contributed by atoms with van der Waals surface area (Å²) in [6, 6.07) is 2.29. The number of ether oxygens (including phenoxy) is 1. The number of carbonyl (C=O) groups is 1. The summed E-state index contributed by atoms with van der Waals surface area (Å²) in [7, 11) is 0. The Morgan fingerprint density at radius 1 is 1.44 bits per heavy atom. The van der Waals surface area contributed by atoms with Crippen molar-refractivity contribution in [3.63, 3.8) is 0 Å². The van der Waals surface area contributed by atoms with Gasteiger partial charge in [-0.05, 0) is 18.6 Å². The first kappa shape index (κ1) is 13.1. The van der Waals surface area contributed by atoms with Gasteiger partial charge in [-0.3, -0.25) is 4.79 Å². The first-order chi connectivity index (χ1) is 7.54. The lowest BCUT2D eigenvalue weighted by atomic mass is 10.2. The predicted octanol–water partition coefficient (Wildman–Crippen LogP) is 3.48. The fourth-order valence-electron chi connectivity index (χ4n) is 1.15. The lowest BCUT2D eigenvalue weighted by Gasteiger charge is -2.07. The quantitative estimate of drug-likeness (QED) is 0.777. The van der Waals surface area contributed by atoms with Gasteiger partial charge in [-0.1, -0.05) is 22.9 Å². The van der Waals surface area contributed by atoms with Crippen molar-refractivity contribution in [1.82, 2.24) is 0 Å². The summed E-state index contributed by atoms with van der Waals surface area (Å²) in [5.74, 6) is -2.47. The standard InChI is InChI=1S/C11H11BrF2O2/c1-2-3-8(15)6-16-10-5-7(12)4-9(13)11(10)14/h4-5H,2-3,6H2,1H3. The molecule has 5 heteroatoms. The van der Waals surface area contributed by atoms with E-state index in [9.17, 15) is 13.6 Å². The zero-order valence-corrected chi connectivity index (χ0v) is 10.3. The summed E-state index contributed by atoms with van der Waals surface area (Å²) in [5, 5.41) is 0. The Labute approximate surface area is 101 Å². The Morgan fingerprint density at radius 2 is 2.12 bits per heavy atom. The molecule has 0 aliphatic heterocycles. The maximum Gasteiger partial charge on any atom is 0.200 e. The van der Waals surface area contributed by atoms with Crippen molar-refractivity contribution < 1.29 is 18.3 Å². The van der Waals surface area contributed by atoms with Crippen molar-refractivity contribution in [2.75, 3.05) is 6.61 Å². The number of rotatable bonds is 5. The SMILES string of the molecule is CCCC(=O)COc1cc(Br)cc(F)c1F. The van der Waals surface area contributed by atoms with Crippen molar-refractivity contribution >= 4 is 21.7 Å². The van der Waals surface area contributed by atoms with Gasteiger partial charge >= 0.3 is 0 Å². The van der Waals surface area contributed by atoms with E-state index in [2.05, 4.69) is 15.9 Å². The van der Waals surface area contributed by atoms with E-state index >= 15 is 0 Å². The Kier molecular flexibility index (Phi) is 4.86. The fourth-order valence-corrected chi connectivity index (χ4v) is 1.56. The zero-order chi connectivity index (χ0) is 12.1. The van der Waals surface area contributed by atoms with Gasteiger partial charge in [0, 0.05) is 10.9 Å². The first-order valence-corrected chi connectivity index (χ1v) is 5.63. The Balaban J connectivity index is 2.70. The van der Waals surface area contributed by atoms with E-state index in [1.54, 1.807) is 0 Å². The van der Waals surface area contributed by atoms with Crippen LogP contribution in [0.3, 0.4) is 0 Å². The lowest BCUT2D eigenvalue weighted by molar-refractivity contribution is -0.121. The Bertz CT molecular complexity index is 394. The summed E-state index contributed by atoms with van der Waals surface area (Å²) in [6.45, 7) is 1.62. The number of carbonyl (C=O) groups excluding carboxylic acids is 1. The second kappa shape index (κ2) is 5.94. The molecule has 0 amide bonds. The minimum Gasteiger partial charge on any atom is -0.483 e. The molecule has 1 aromatic rings. The second-order valence-corrected chi connectivity index (χ2v) is 4.19. The molecule has 0 aromatic heterocycles. The summed E-state index contributed by atoms with van der Waals surface area (Å²) in [5.41, 5.74) is 0. The summed E-state index contributed by atoms with van der Waals surface area (Å²) < 4.78 is 31.4. The molecule has 0 N–H and O–H groups in total. The molecule has 0 aliphatic rings. The number of hydrogen-bond acceptors (Lipinski definition) is 2. The highest BCUT2D eigenvalue weighted by molar-refractivity contribution is 9.10. The highest BCUT2D eigenvalue weighted by Gasteiger charge is 2.12. The summed E-state index contributed by atoms with van der Waals surface area (Å²) >= 11 is 3.01. The summed E-state index contributed by atoms with van der Waals surface area (Å²) in [4.78, 5) is 11.1. The molecule has 0 atom stereocenters. The van der Waals surface area contributed by atoms with Crippen molar-refractivity contribution in [2.45, 2.75) is 19.8 Å². The molecule has 0 fully saturated rings. The smallest absolute Gasteiger partial charge is 0.200 e. The number of hydrogen-bond donors (Lipinski definition) is 0. The van der Waals surface area contributed by atoms with Crippen LogP contribution in [0.1, 0.15) is 19.8 Å². The molecule has 16 heavy (non-hydrogen) atoms. The fraction of sp³-hybridized carbons (Fsp3) is 0.364. The third kappa shape index (κ3) is 3.56. The van der Waals surface area contributed by atoms with E-state index in [1.165, 1.54) is 6.07 Å². The van der Waals surface area contributed by atoms with Gasteiger partial charge in [-0.15, -0.1) is 0 Å². The molecular weight excluding hydrogens is 282 g/mol. The van der Waals surface area contributed by atoms with E-state index < -0.39 is 11.6 Å².